The van der Waals surface area contributed by atoms with Crippen LogP contribution in [-0.4, -0.2) is 19.7 Å². The second-order valence-corrected chi connectivity index (χ2v) is 6.95. The molecule has 0 unspecified atom stereocenters. The first-order chi connectivity index (χ1) is 11.3. The Morgan fingerprint density at radius 2 is 2.09 bits per heavy atom. The van der Waals surface area contributed by atoms with E-state index >= 15 is 0 Å². The van der Waals surface area contributed by atoms with Gasteiger partial charge in [-0.15, -0.1) is 21.5 Å². The summed E-state index contributed by atoms with van der Waals surface area (Å²) in [6, 6.07) is 12.0. The molecule has 0 radical (unpaired) electrons. The molecule has 3 heterocycles. The number of rotatable bonds is 5. The second kappa shape index (κ2) is 6.17. The van der Waals surface area contributed by atoms with Crippen LogP contribution in [0, 0.1) is 0 Å². The minimum absolute atomic E-state index is 0.742. The lowest BCUT2D eigenvalue weighted by atomic mass is 10.3. The lowest BCUT2D eigenvalue weighted by Gasteiger charge is -2.04. The Bertz CT molecular complexity index is 894. The van der Waals surface area contributed by atoms with Gasteiger partial charge in [0.25, 0.3) is 0 Å². The van der Waals surface area contributed by atoms with Crippen molar-refractivity contribution in [1.82, 2.24) is 19.7 Å². The maximum atomic E-state index is 5.44. The normalized spacial score (nSPS) is 11.3. The van der Waals surface area contributed by atoms with Gasteiger partial charge in [0, 0.05) is 6.54 Å². The molecule has 0 saturated heterocycles. The predicted molar refractivity (Wildman–Crippen MR) is 92.6 cm³/mol. The lowest BCUT2D eigenvalue weighted by Crippen LogP contribution is -1.99. The number of thioether (sulfide) groups is 1. The van der Waals surface area contributed by atoms with Crippen LogP contribution in [0.2, 0.25) is 0 Å². The van der Waals surface area contributed by atoms with Crippen molar-refractivity contribution in [3.63, 3.8) is 0 Å². The van der Waals surface area contributed by atoms with Gasteiger partial charge in [0.1, 0.15) is 5.01 Å². The van der Waals surface area contributed by atoms with Gasteiger partial charge in [-0.2, -0.15) is 0 Å². The van der Waals surface area contributed by atoms with Crippen LogP contribution in [0.4, 0.5) is 0 Å². The number of benzene rings is 1. The zero-order valence-electron chi connectivity index (χ0n) is 12.5. The van der Waals surface area contributed by atoms with Crippen LogP contribution in [-0.2, 0) is 12.3 Å². The van der Waals surface area contributed by atoms with Gasteiger partial charge in [0.05, 0.1) is 22.2 Å². The number of aromatic nitrogens is 4. The molecule has 3 aromatic heterocycles. The fourth-order valence-corrected chi connectivity index (χ4v) is 4.34. The third-order valence-electron chi connectivity index (χ3n) is 3.44. The zero-order valence-corrected chi connectivity index (χ0v) is 14.1. The van der Waals surface area contributed by atoms with Crippen LogP contribution >= 0.6 is 23.1 Å². The number of nitrogens with zero attached hydrogens (tertiary/aromatic N) is 4. The quantitative estimate of drug-likeness (QED) is 0.501. The summed E-state index contributed by atoms with van der Waals surface area (Å²) < 4.78 is 8.72. The summed E-state index contributed by atoms with van der Waals surface area (Å²) in [5.41, 5.74) is 1.06. The smallest absolute Gasteiger partial charge is 0.200 e. The van der Waals surface area contributed by atoms with Crippen molar-refractivity contribution in [1.29, 1.82) is 0 Å². The van der Waals surface area contributed by atoms with Gasteiger partial charge < -0.3 is 4.42 Å². The largest absolute Gasteiger partial charge is 0.461 e. The first kappa shape index (κ1) is 14.5. The summed E-state index contributed by atoms with van der Waals surface area (Å²) >= 11 is 3.38. The molecule has 5 nitrogen and oxygen atoms in total. The Hall–Kier alpha value is -2.12. The fourth-order valence-electron chi connectivity index (χ4n) is 2.38. The molecule has 0 fully saturated rings. The summed E-state index contributed by atoms with van der Waals surface area (Å²) in [4.78, 5) is 4.66. The average Bonchev–Trinajstić information content (AvgIpc) is 3.30. The summed E-state index contributed by atoms with van der Waals surface area (Å²) in [5.74, 6) is 2.30. The molecule has 0 N–H and O–H groups in total. The van der Waals surface area contributed by atoms with Crippen molar-refractivity contribution in [2.24, 2.45) is 0 Å². The van der Waals surface area contributed by atoms with Crippen LogP contribution in [0.3, 0.4) is 0 Å². The Morgan fingerprint density at radius 3 is 2.87 bits per heavy atom. The third kappa shape index (κ3) is 2.77. The average molecular weight is 342 g/mol. The Balaban J connectivity index is 1.57. The number of hydrogen-bond donors (Lipinski definition) is 0. The molecule has 7 heteroatoms. The van der Waals surface area contributed by atoms with E-state index in [2.05, 4.69) is 32.7 Å². The maximum Gasteiger partial charge on any atom is 0.200 e. The molecule has 23 heavy (non-hydrogen) atoms. The summed E-state index contributed by atoms with van der Waals surface area (Å²) in [7, 11) is 0. The number of para-hydroxylation sites is 1. The van der Waals surface area contributed by atoms with Crippen LogP contribution in [0.25, 0.3) is 21.8 Å². The van der Waals surface area contributed by atoms with E-state index < -0.39 is 0 Å². The van der Waals surface area contributed by atoms with Gasteiger partial charge in [-0.05, 0) is 31.2 Å². The molecule has 0 amide bonds. The van der Waals surface area contributed by atoms with E-state index in [4.69, 9.17) is 4.42 Å². The van der Waals surface area contributed by atoms with E-state index in [1.165, 1.54) is 4.70 Å². The third-order valence-corrected chi connectivity index (χ3v) is 5.63. The van der Waals surface area contributed by atoms with Crippen molar-refractivity contribution >= 4 is 33.3 Å². The fraction of sp³-hybridized carbons (Fsp3) is 0.188. The Morgan fingerprint density at radius 1 is 1.17 bits per heavy atom. The molecular weight excluding hydrogens is 328 g/mol. The molecule has 0 aliphatic carbocycles. The molecular formula is C16H14N4OS2. The van der Waals surface area contributed by atoms with Gasteiger partial charge in [0.15, 0.2) is 16.7 Å². The topological polar surface area (TPSA) is 56.7 Å². The zero-order chi connectivity index (χ0) is 15.6. The minimum atomic E-state index is 0.742. The van der Waals surface area contributed by atoms with Gasteiger partial charge in [0.2, 0.25) is 0 Å². The van der Waals surface area contributed by atoms with Gasteiger partial charge in [-0.3, -0.25) is 4.57 Å². The molecule has 4 aromatic rings. The molecule has 0 saturated carbocycles. The molecule has 0 spiro atoms. The van der Waals surface area contributed by atoms with E-state index in [9.17, 15) is 0 Å². The SMILES string of the molecule is CCn1c(SCc2nc3ccccc3s2)nnc1-c1ccco1. The summed E-state index contributed by atoms with van der Waals surface area (Å²) in [6.45, 7) is 2.88. The monoisotopic (exact) mass is 342 g/mol. The van der Waals surface area contributed by atoms with Gasteiger partial charge in [-0.25, -0.2) is 4.98 Å². The number of hydrogen-bond acceptors (Lipinski definition) is 6. The van der Waals surface area contributed by atoms with Crippen molar-refractivity contribution < 1.29 is 4.42 Å². The minimum Gasteiger partial charge on any atom is -0.461 e. The Labute approximate surface area is 141 Å². The molecule has 0 aliphatic heterocycles. The molecule has 0 aliphatic rings. The lowest BCUT2D eigenvalue weighted by molar-refractivity contribution is 0.567. The van der Waals surface area contributed by atoms with Crippen molar-refractivity contribution in [3.8, 4) is 11.6 Å². The van der Waals surface area contributed by atoms with E-state index in [1.54, 1.807) is 29.4 Å². The van der Waals surface area contributed by atoms with Crippen LogP contribution < -0.4 is 0 Å². The van der Waals surface area contributed by atoms with E-state index in [0.29, 0.717) is 0 Å². The molecule has 0 atom stereocenters. The summed E-state index contributed by atoms with van der Waals surface area (Å²) in [6.07, 6.45) is 1.65. The van der Waals surface area contributed by atoms with Gasteiger partial charge in [-0.1, -0.05) is 23.9 Å². The highest BCUT2D eigenvalue weighted by Crippen LogP contribution is 2.29. The highest BCUT2D eigenvalue weighted by atomic mass is 32.2. The first-order valence-corrected chi connectivity index (χ1v) is 9.09. The number of thiazole rings is 1. The van der Waals surface area contributed by atoms with Crippen LogP contribution in [0.5, 0.6) is 0 Å². The van der Waals surface area contributed by atoms with E-state index in [0.717, 1.165) is 39.6 Å². The first-order valence-electron chi connectivity index (χ1n) is 7.29. The molecule has 0 bridgehead atoms. The maximum absolute atomic E-state index is 5.44. The standard InChI is InChI=1S/C16H14N4OS2/c1-2-20-15(12-7-5-9-21-12)18-19-16(20)22-10-14-17-11-6-3-4-8-13(11)23-14/h3-9H,2,10H2,1H3. The van der Waals surface area contributed by atoms with Crippen LogP contribution in [0.1, 0.15) is 11.9 Å². The predicted octanol–water partition coefficient (Wildman–Crippen LogP) is 4.46. The van der Waals surface area contributed by atoms with Gasteiger partial charge >= 0.3 is 0 Å². The number of fused-ring (bicyclic) bond motifs is 1. The van der Waals surface area contributed by atoms with Crippen LogP contribution in [0.15, 0.2) is 52.2 Å². The van der Waals surface area contributed by atoms with E-state index in [-0.39, 0.29) is 0 Å². The molecule has 1 aromatic carbocycles. The highest BCUT2D eigenvalue weighted by Gasteiger charge is 2.15. The second-order valence-electron chi connectivity index (χ2n) is 4.89. The van der Waals surface area contributed by atoms with Crippen molar-refractivity contribution in [3.05, 3.63) is 47.7 Å². The van der Waals surface area contributed by atoms with Crippen molar-refractivity contribution in [2.45, 2.75) is 24.4 Å². The van der Waals surface area contributed by atoms with Crippen molar-refractivity contribution in [2.75, 3.05) is 0 Å². The highest BCUT2D eigenvalue weighted by molar-refractivity contribution is 7.98. The molecule has 4 rings (SSSR count). The van der Waals surface area contributed by atoms with E-state index in [1.807, 2.05) is 30.3 Å². The number of furan rings is 1. The Kier molecular flexibility index (Phi) is 3.88. The molecule has 116 valence electrons. The summed E-state index contributed by atoms with van der Waals surface area (Å²) in [5, 5.41) is 10.6.